The fourth-order valence-electron chi connectivity index (χ4n) is 2.79. The first-order valence-corrected chi connectivity index (χ1v) is 7.70. The molecule has 2 aromatic rings. The van der Waals surface area contributed by atoms with Gasteiger partial charge in [0.25, 0.3) is 5.91 Å². The molecule has 1 aromatic carbocycles. The second-order valence-electron chi connectivity index (χ2n) is 5.64. The number of amides is 2. The zero-order chi connectivity index (χ0) is 18.1. The number of benzene rings is 1. The van der Waals surface area contributed by atoms with Gasteiger partial charge in [-0.25, -0.2) is 9.18 Å². The van der Waals surface area contributed by atoms with Gasteiger partial charge in [-0.05, 0) is 24.1 Å². The molecular weight excluding hydrogens is 329 g/mol. The minimum atomic E-state index is -0.684. The molecule has 0 saturated heterocycles. The van der Waals surface area contributed by atoms with E-state index in [1.54, 1.807) is 6.92 Å². The molecule has 3 rings (SSSR count). The number of aryl methyl sites for hydroxylation is 1. The quantitative estimate of drug-likeness (QED) is 0.624. The van der Waals surface area contributed by atoms with Crippen molar-refractivity contribution in [3.8, 4) is 0 Å². The van der Waals surface area contributed by atoms with E-state index < -0.39 is 35.6 Å². The number of ketones is 1. The number of Topliss-reactive ketones (excluding diaryl/α,β-unsaturated/α-hetero) is 1. The smallest absolute Gasteiger partial charge is 0.336 e. The third-order valence-corrected chi connectivity index (χ3v) is 4.02. The minimum Gasteiger partial charge on any atom is -0.426 e. The zero-order valence-corrected chi connectivity index (χ0v) is 13.4. The third kappa shape index (κ3) is 3.13. The van der Waals surface area contributed by atoms with Crippen molar-refractivity contribution in [2.24, 2.45) is 0 Å². The van der Waals surface area contributed by atoms with Crippen molar-refractivity contribution in [3.05, 3.63) is 69.0 Å². The normalized spacial score (nSPS) is 13.8. The standard InChI is InChI=1S/C18H14FNO5/c1-2-10-7-16(23)25-14-8-15(22)20(18(24)17(10)14)9-13(21)11-4-3-5-12(19)6-11/h3-7H,2,8-9H2,1H3. The van der Waals surface area contributed by atoms with Crippen LogP contribution in [0.2, 0.25) is 0 Å². The van der Waals surface area contributed by atoms with Gasteiger partial charge in [-0.3, -0.25) is 19.3 Å². The lowest BCUT2D eigenvalue weighted by atomic mass is 9.98. The van der Waals surface area contributed by atoms with Crippen LogP contribution in [0.3, 0.4) is 0 Å². The van der Waals surface area contributed by atoms with Gasteiger partial charge in [0.05, 0.1) is 18.5 Å². The number of carbonyl (C=O) groups is 3. The van der Waals surface area contributed by atoms with Gasteiger partial charge in [0.15, 0.2) is 5.78 Å². The largest absolute Gasteiger partial charge is 0.426 e. The van der Waals surface area contributed by atoms with E-state index in [-0.39, 0.29) is 23.3 Å². The first-order chi connectivity index (χ1) is 11.9. The number of rotatable bonds is 4. The van der Waals surface area contributed by atoms with E-state index in [9.17, 15) is 23.6 Å². The van der Waals surface area contributed by atoms with Gasteiger partial charge in [-0.2, -0.15) is 0 Å². The molecule has 25 heavy (non-hydrogen) atoms. The van der Waals surface area contributed by atoms with Gasteiger partial charge >= 0.3 is 5.63 Å². The average Bonchev–Trinajstić information content (AvgIpc) is 2.57. The zero-order valence-electron chi connectivity index (χ0n) is 13.4. The monoisotopic (exact) mass is 343 g/mol. The van der Waals surface area contributed by atoms with Gasteiger partial charge < -0.3 is 4.42 Å². The number of carbonyl (C=O) groups excluding carboxylic acids is 3. The Balaban J connectivity index is 1.94. The van der Waals surface area contributed by atoms with Crippen LogP contribution in [0, 0.1) is 5.82 Å². The molecule has 0 spiro atoms. The second kappa shape index (κ2) is 6.43. The highest BCUT2D eigenvalue weighted by atomic mass is 19.1. The molecule has 0 fully saturated rings. The average molecular weight is 343 g/mol. The summed E-state index contributed by atoms with van der Waals surface area (Å²) in [6, 6.07) is 6.24. The van der Waals surface area contributed by atoms with Crippen molar-refractivity contribution in [2.45, 2.75) is 19.8 Å². The van der Waals surface area contributed by atoms with Gasteiger partial charge in [0.2, 0.25) is 5.91 Å². The van der Waals surface area contributed by atoms with Crippen LogP contribution in [0.1, 0.15) is 39.0 Å². The third-order valence-electron chi connectivity index (χ3n) is 4.02. The minimum absolute atomic E-state index is 0.0220. The molecule has 0 unspecified atom stereocenters. The van der Waals surface area contributed by atoms with Crippen LogP contribution < -0.4 is 5.63 Å². The van der Waals surface area contributed by atoms with Gasteiger partial charge in [-0.1, -0.05) is 19.1 Å². The Hall–Kier alpha value is -3.09. The van der Waals surface area contributed by atoms with Crippen molar-refractivity contribution in [1.29, 1.82) is 0 Å². The maximum atomic E-state index is 13.3. The maximum Gasteiger partial charge on any atom is 0.336 e. The lowest BCUT2D eigenvalue weighted by Crippen LogP contribution is -2.46. The molecule has 6 nitrogen and oxygen atoms in total. The number of hydrogen-bond acceptors (Lipinski definition) is 5. The number of nitrogens with zero attached hydrogens (tertiary/aromatic N) is 1. The molecule has 0 aliphatic carbocycles. The number of halogens is 1. The summed E-state index contributed by atoms with van der Waals surface area (Å²) in [5.41, 5.74) is 0.0582. The Bertz CT molecular complexity index is 947. The van der Waals surface area contributed by atoms with Gasteiger partial charge in [0, 0.05) is 11.6 Å². The molecule has 2 heterocycles. The van der Waals surface area contributed by atoms with Crippen LogP contribution in [0.4, 0.5) is 4.39 Å². The Labute approximate surface area is 141 Å². The van der Waals surface area contributed by atoms with Crippen molar-refractivity contribution >= 4 is 17.6 Å². The Morgan fingerprint density at radius 3 is 2.68 bits per heavy atom. The Morgan fingerprint density at radius 1 is 1.24 bits per heavy atom. The molecule has 0 saturated carbocycles. The molecule has 0 N–H and O–H groups in total. The highest BCUT2D eigenvalue weighted by Gasteiger charge is 2.36. The number of imide groups is 1. The molecule has 1 aliphatic heterocycles. The van der Waals surface area contributed by atoms with Gasteiger partial charge in [0.1, 0.15) is 11.6 Å². The summed E-state index contributed by atoms with van der Waals surface area (Å²) >= 11 is 0. The van der Waals surface area contributed by atoms with Crippen molar-refractivity contribution < 1.29 is 23.2 Å². The van der Waals surface area contributed by atoms with Crippen LogP contribution in [-0.4, -0.2) is 29.0 Å². The molecule has 2 amide bonds. The van der Waals surface area contributed by atoms with Crippen LogP contribution in [-0.2, 0) is 17.6 Å². The lowest BCUT2D eigenvalue weighted by molar-refractivity contribution is -0.128. The number of fused-ring (bicyclic) bond motifs is 1. The fourth-order valence-corrected chi connectivity index (χ4v) is 2.79. The van der Waals surface area contributed by atoms with Crippen molar-refractivity contribution in [2.75, 3.05) is 6.54 Å². The molecule has 0 radical (unpaired) electrons. The summed E-state index contributed by atoms with van der Waals surface area (Å²) in [4.78, 5) is 49.5. The molecular formula is C18H14FNO5. The lowest BCUT2D eigenvalue weighted by Gasteiger charge is -2.26. The number of hydrogen-bond donors (Lipinski definition) is 0. The summed E-state index contributed by atoms with van der Waals surface area (Å²) in [6.07, 6.45) is 0.125. The van der Waals surface area contributed by atoms with E-state index in [1.807, 2.05) is 0 Å². The summed E-state index contributed by atoms with van der Waals surface area (Å²) in [6.45, 7) is 1.27. The maximum absolute atomic E-state index is 13.3. The molecule has 128 valence electrons. The van der Waals surface area contributed by atoms with E-state index >= 15 is 0 Å². The van der Waals surface area contributed by atoms with Crippen molar-refractivity contribution in [1.82, 2.24) is 4.90 Å². The van der Waals surface area contributed by atoms with Crippen molar-refractivity contribution in [3.63, 3.8) is 0 Å². The summed E-state index contributed by atoms with van der Waals surface area (Å²) < 4.78 is 18.2. The van der Waals surface area contributed by atoms with E-state index in [0.29, 0.717) is 12.0 Å². The summed E-state index contributed by atoms with van der Waals surface area (Å²) in [5.74, 6) is -2.44. The molecule has 1 aromatic heterocycles. The van der Waals surface area contributed by atoms with Crippen LogP contribution >= 0.6 is 0 Å². The second-order valence-corrected chi connectivity index (χ2v) is 5.64. The van der Waals surface area contributed by atoms with Crippen LogP contribution in [0.15, 0.2) is 39.5 Å². The first-order valence-electron chi connectivity index (χ1n) is 7.70. The first kappa shape index (κ1) is 16.8. The van der Waals surface area contributed by atoms with Crippen LogP contribution in [0.25, 0.3) is 0 Å². The molecule has 1 aliphatic rings. The predicted octanol–water partition coefficient (Wildman–Crippen LogP) is 1.75. The Kier molecular flexibility index (Phi) is 4.31. The van der Waals surface area contributed by atoms with E-state index in [4.69, 9.17) is 4.42 Å². The molecule has 0 atom stereocenters. The van der Waals surface area contributed by atoms with E-state index in [1.165, 1.54) is 24.3 Å². The van der Waals surface area contributed by atoms with E-state index in [2.05, 4.69) is 0 Å². The fraction of sp³-hybridized carbons (Fsp3) is 0.222. The highest BCUT2D eigenvalue weighted by molar-refractivity contribution is 6.13. The van der Waals surface area contributed by atoms with E-state index in [0.717, 1.165) is 11.0 Å². The highest BCUT2D eigenvalue weighted by Crippen LogP contribution is 2.23. The molecule has 7 heteroatoms. The topological polar surface area (TPSA) is 84.7 Å². The summed E-state index contributed by atoms with van der Waals surface area (Å²) in [7, 11) is 0. The van der Waals surface area contributed by atoms with Crippen LogP contribution in [0.5, 0.6) is 0 Å². The molecule has 0 bridgehead atoms. The summed E-state index contributed by atoms with van der Waals surface area (Å²) in [5, 5.41) is 0. The van der Waals surface area contributed by atoms with Gasteiger partial charge in [-0.15, -0.1) is 0 Å². The Morgan fingerprint density at radius 2 is 2.00 bits per heavy atom. The predicted molar refractivity (Wildman–Crippen MR) is 84.8 cm³/mol. The SMILES string of the molecule is CCc1cc(=O)oc2c1C(=O)N(CC(=O)c1cccc(F)c1)C(=O)C2.